The van der Waals surface area contributed by atoms with E-state index in [2.05, 4.69) is 36.5 Å². The lowest BCUT2D eigenvalue weighted by molar-refractivity contribution is -0.127. The molecular formula is C26H28Cl3NO3. The number of benzene rings is 2. The highest BCUT2D eigenvalue weighted by Crippen LogP contribution is 2.57. The zero-order valence-corrected chi connectivity index (χ0v) is 21.0. The normalized spacial score (nSPS) is 28.6. The first kappa shape index (κ1) is 24.6. The molecule has 1 aliphatic carbocycles. The highest BCUT2D eigenvalue weighted by molar-refractivity contribution is 6.35. The molecule has 4 rings (SSSR count). The summed E-state index contributed by atoms with van der Waals surface area (Å²) in [7, 11) is 1.64. The zero-order chi connectivity index (χ0) is 23.6. The summed E-state index contributed by atoms with van der Waals surface area (Å²) in [6.07, 6.45) is 4.92. The first-order valence-electron chi connectivity index (χ1n) is 11.2. The lowest BCUT2D eigenvalue weighted by Crippen LogP contribution is -2.43. The van der Waals surface area contributed by atoms with E-state index >= 15 is 0 Å². The first-order valence-corrected chi connectivity index (χ1v) is 12.3. The maximum absolute atomic E-state index is 13.3. The molecule has 2 aromatic rings. The molecule has 0 bridgehead atoms. The van der Waals surface area contributed by atoms with Crippen LogP contribution in [0, 0.1) is 11.3 Å². The monoisotopic (exact) mass is 507 g/mol. The van der Waals surface area contributed by atoms with E-state index in [0.717, 1.165) is 11.1 Å². The van der Waals surface area contributed by atoms with Gasteiger partial charge in [-0.15, -0.1) is 0 Å². The number of methoxy groups -OCH3 is 1. The van der Waals surface area contributed by atoms with Crippen molar-refractivity contribution in [1.29, 1.82) is 0 Å². The number of carbonyl (C=O) groups excluding carboxylic acids is 1. The van der Waals surface area contributed by atoms with Gasteiger partial charge in [-0.3, -0.25) is 4.79 Å². The molecule has 0 radical (unpaired) electrons. The maximum Gasteiger partial charge on any atom is 0.230 e. The molecule has 176 valence electrons. The third-order valence-electron chi connectivity index (χ3n) is 7.03. The Hall–Kier alpha value is -1.56. The highest BCUT2D eigenvalue weighted by atomic mass is 35.5. The fourth-order valence-electron chi connectivity index (χ4n) is 5.46. The molecule has 0 spiro atoms. The van der Waals surface area contributed by atoms with Gasteiger partial charge in [-0.2, -0.15) is 0 Å². The Morgan fingerprint density at radius 2 is 1.76 bits per heavy atom. The molecule has 1 saturated heterocycles. The van der Waals surface area contributed by atoms with E-state index in [1.54, 1.807) is 13.2 Å². The molecule has 33 heavy (non-hydrogen) atoms. The van der Waals surface area contributed by atoms with Gasteiger partial charge >= 0.3 is 0 Å². The fourth-order valence-corrected chi connectivity index (χ4v) is 6.12. The number of allylic oxidation sites excluding steroid dienone is 1. The topological polar surface area (TPSA) is 47.6 Å². The van der Waals surface area contributed by atoms with E-state index in [9.17, 15) is 4.79 Å². The first-order chi connectivity index (χ1) is 15.9. The Morgan fingerprint density at radius 1 is 1.03 bits per heavy atom. The van der Waals surface area contributed by atoms with Gasteiger partial charge in [-0.1, -0.05) is 72.1 Å². The summed E-state index contributed by atoms with van der Waals surface area (Å²) in [5, 5.41) is 5.12. The molecule has 2 aromatic carbocycles. The molecule has 5 atom stereocenters. The number of nitrogens with one attached hydrogen (secondary N) is 1. The van der Waals surface area contributed by atoms with Crippen LogP contribution in [0.5, 0.6) is 0 Å². The molecule has 2 aliphatic rings. The molecule has 7 heteroatoms. The Balaban J connectivity index is 1.82. The SMILES string of the molecule is CC[C@@]12C=C[C@@H](c3ccc(Cl)cc3Cl)[C@H](c3ccc(Cl)cc3)[C@@H]1[C@@H](COCCOC)NC2=O. The van der Waals surface area contributed by atoms with E-state index in [4.69, 9.17) is 44.3 Å². The summed E-state index contributed by atoms with van der Waals surface area (Å²) in [6, 6.07) is 13.4. The van der Waals surface area contributed by atoms with Gasteiger partial charge in [0.1, 0.15) is 0 Å². The summed E-state index contributed by atoms with van der Waals surface area (Å²) >= 11 is 19.1. The Morgan fingerprint density at radius 3 is 2.42 bits per heavy atom. The van der Waals surface area contributed by atoms with Crippen LogP contribution < -0.4 is 5.32 Å². The average Bonchev–Trinajstić information content (AvgIpc) is 3.09. The second-order valence-electron chi connectivity index (χ2n) is 8.70. The zero-order valence-electron chi connectivity index (χ0n) is 18.7. The summed E-state index contributed by atoms with van der Waals surface area (Å²) < 4.78 is 11.0. The molecule has 1 fully saturated rings. The lowest BCUT2D eigenvalue weighted by atomic mass is 9.57. The molecule has 1 amide bonds. The quantitative estimate of drug-likeness (QED) is 0.338. The number of amides is 1. The van der Waals surface area contributed by atoms with Crippen LogP contribution in [0.1, 0.15) is 36.3 Å². The predicted octanol–water partition coefficient (Wildman–Crippen LogP) is 6.26. The fraction of sp³-hybridized carbons (Fsp3) is 0.423. The summed E-state index contributed by atoms with van der Waals surface area (Å²) in [5.41, 5.74) is 1.48. The van der Waals surface area contributed by atoms with Crippen molar-refractivity contribution < 1.29 is 14.3 Å². The van der Waals surface area contributed by atoms with E-state index in [1.165, 1.54) is 0 Å². The summed E-state index contributed by atoms with van der Waals surface area (Å²) in [6.45, 7) is 3.47. The number of halogens is 3. The van der Waals surface area contributed by atoms with Crippen LogP contribution in [-0.2, 0) is 14.3 Å². The lowest BCUT2D eigenvalue weighted by Gasteiger charge is -2.44. The van der Waals surface area contributed by atoms with Crippen LogP contribution in [0.15, 0.2) is 54.6 Å². The van der Waals surface area contributed by atoms with E-state index < -0.39 is 5.41 Å². The second-order valence-corrected chi connectivity index (χ2v) is 9.98. The molecule has 1 aliphatic heterocycles. The number of ether oxygens (including phenoxy) is 2. The summed E-state index contributed by atoms with van der Waals surface area (Å²) in [5.74, 6) is -0.0256. The third kappa shape index (κ3) is 4.69. The number of rotatable bonds is 8. The van der Waals surface area contributed by atoms with Gasteiger partial charge in [0.25, 0.3) is 0 Å². The average molecular weight is 509 g/mol. The predicted molar refractivity (Wildman–Crippen MR) is 133 cm³/mol. The molecule has 1 heterocycles. The van der Waals surface area contributed by atoms with Crippen LogP contribution in [0.2, 0.25) is 15.1 Å². The van der Waals surface area contributed by atoms with E-state index in [1.807, 2.05) is 24.3 Å². The van der Waals surface area contributed by atoms with Gasteiger partial charge < -0.3 is 14.8 Å². The van der Waals surface area contributed by atoms with Crippen molar-refractivity contribution in [2.24, 2.45) is 11.3 Å². The molecule has 0 unspecified atom stereocenters. The van der Waals surface area contributed by atoms with Crippen molar-refractivity contribution in [2.75, 3.05) is 26.9 Å². The van der Waals surface area contributed by atoms with E-state index in [0.29, 0.717) is 41.3 Å². The van der Waals surface area contributed by atoms with Crippen molar-refractivity contribution in [1.82, 2.24) is 5.32 Å². The number of fused-ring (bicyclic) bond motifs is 1. The number of carbonyl (C=O) groups is 1. The Labute approximate surface area is 210 Å². The minimum atomic E-state index is -0.616. The van der Waals surface area contributed by atoms with Crippen molar-refractivity contribution in [2.45, 2.75) is 31.2 Å². The molecule has 4 nitrogen and oxygen atoms in total. The second kappa shape index (κ2) is 10.4. The van der Waals surface area contributed by atoms with E-state index in [-0.39, 0.29) is 29.7 Å². The largest absolute Gasteiger partial charge is 0.382 e. The highest BCUT2D eigenvalue weighted by Gasteiger charge is 2.58. The smallest absolute Gasteiger partial charge is 0.230 e. The van der Waals surface area contributed by atoms with Crippen LogP contribution in [-0.4, -0.2) is 38.9 Å². The molecule has 0 aromatic heterocycles. The number of hydrogen-bond acceptors (Lipinski definition) is 3. The maximum atomic E-state index is 13.3. The standard InChI is InChI=1S/C26H28Cl3NO3/c1-3-26-11-10-20(19-9-8-18(28)14-21(19)29)23(16-4-6-17(27)7-5-16)24(26)22(30-25(26)31)15-33-13-12-32-2/h4-11,14,20,22-24H,3,12-13,15H2,1-2H3,(H,30,31)/t20-,22+,23-,24-,26+/m0/s1. The van der Waals surface area contributed by atoms with Gasteiger partial charge in [0.05, 0.1) is 31.3 Å². The van der Waals surface area contributed by atoms with Gasteiger partial charge in [-0.25, -0.2) is 0 Å². The van der Waals surface area contributed by atoms with Crippen LogP contribution in [0.4, 0.5) is 0 Å². The minimum Gasteiger partial charge on any atom is -0.382 e. The van der Waals surface area contributed by atoms with Crippen molar-refractivity contribution in [3.63, 3.8) is 0 Å². The molecular weight excluding hydrogens is 481 g/mol. The Bertz CT molecular complexity index is 1030. The third-order valence-corrected chi connectivity index (χ3v) is 7.85. The van der Waals surface area contributed by atoms with Crippen LogP contribution >= 0.6 is 34.8 Å². The van der Waals surface area contributed by atoms with Gasteiger partial charge in [0.2, 0.25) is 5.91 Å². The number of hydrogen-bond donors (Lipinski definition) is 1. The molecule has 1 N–H and O–H groups in total. The minimum absolute atomic E-state index is 0.0131. The van der Waals surface area contributed by atoms with Gasteiger partial charge in [0, 0.05) is 39.9 Å². The van der Waals surface area contributed by atoms with Gasteiger partial charge in [0.15, 0.2) is 0 Å². The van der Waals surface area contributed by atoms with Crippen molar-refractivity contribution in [3.8, 4) is 0 Å². The molecule has 0 saturated carbocycles. The van der Waals surface area contributed by atoms with Crippen molar-refractivity contribution >= 4 is 40.7 Å². The Kier molecular flexibility index (Phi) is 7.72. The van der Waals surface area contributed by atoms with Gasteiger partial charge in [-0.05, 0) is 41.8 Å². The van der Waals surface area contributed by atoms with Crippen LogP contribution in [0.3, 0.4) is 0 Å². The van der Waals surface area contributed by atoms with Crippen molar-refractivity contribution in [3.05, 3.63) is 80.8 Å². The van der Waals surface area contributed by atoms with Crippen LogP contribution in [0.25, 0.3) is 0 Å². The summed E-state index contributed by atoms with van der Waals surface area (Å²) in [4.78, 5) is 13.3.